The highest BCUT2D eigenvalue weighted by Crippen LogP contribution is 2.31. The number of hydrogen-bond acceptors (Lipinski definition) is 1. The van der Waals surface area contributed by atoms with Gasteiger partial charge in [-0.1, -0.05) is 13.8 Å². The van der Waals surface area contributed by atoms with Crippen LogP contribution in [0.2, 0.25) is 0 Å². The van der Waals surface area contributed by atoms with Crippen LogP contribution in [0.1, 0.15) is 58.6 Å². The Morgan fingerprint density at radius 1 is 0.771 bits per heavy atom. The lowest BCUT2D eigenvalue weighted by atomic mass is 9.89. The van der Waals surface area contributed by atoms with Crippen LogP contribution in [-0.4, -0.2) is 14.1 Å². The Balaban J connectivity index is 2.02. The average molecular weight is 472 g/mol. The zero-order chi connectivity index (χ0) is 25.6. The van der Waals surface area contributed by atoms with Crippen molar-refractivity contribution in [1.82, 2.24) is 14.1 Å². The normalized spacial score (nSPS) is 11.5. The maximum absolute atomic E-state index is 4.74. The van der Waals surface area contributed by atoms with E-state index >= 15 is 0 Å². The summed E-state index contributed by atoms with van der Waals surface area (Å²) in [4.78, 5) is 4.74. The van der Waals surface area contributed by atoms with E-state index in [1.54, 1.807) is 0 Å². The molecule has 4 aromatic heterocycles. The molecule has 0 aliphatic carbocycles. The van der Waals surface area contributed by atoms with Gasteiger partial charge >= 0.3 is 0 Å². The molecule has 4 heterocycles. The molecular formula is C30H41N5+2. The third-order valence-corrected chi connectivity index (χ3v) is 8.23. The van der Waals surface area contributed by atoms with Crippen molar-refractivity contribution in [2.75, 3.05) is 0 Å². The summed E-state index contributed by atoms with van der Waals surface area (Å²) in [5.74, 6) is 1.03. The third-order valence-electron chi connectivity index (χ3n) is 8.23. The van der Waals surface area contributed by atoms with Crippen molar-refractivity contribution >= 4 is 0 Å². The first-order valence-corrected chi connectivity index (χ1v) is 12.7. The summed E-state index contributed by atoms with van der Waals surface area (Å²) < 4.78 is 9.16. The summed E-state index contributed by atoms with van der Waals surface area (Å²) in [5, 5.41) is 0. The first kappa shape index (κ1) is 24.9. The van der Waals surface area contributed by atoms with Gasteiger partial charge in [-0.2, -0.15) is 9.13 Å². The van der Waals surface area contributed by atoms with E-state index in [0.29, 0.717) is 0 Å². The highest BCUT2D eigenvalue weighted by atomic mass is 15.1. The van der Waals surface area contributed by atoms with E-state index in [2.05, 4.69) is 106 Å². The van der Waals surface area contributed by atoms with Crippen LogP contribution in [0.3, 0.4) is 0 Å². The van der Waals surface area contributed by atoms with Crippen LogP contribution in [-0.2, 0) is 47.5 Å². The average Bonchev–Trinajstić information content (AvgIpc) is 3.45. The van der Waals surface area contributed by atoms with Gasteiger partial charge in [0, 0.05) is 61.9 Å². The summed E-state index contributed by atoms with van der Waals surface area (Å²) in [6.45, 7) is 13.7. The maximum atomic E-state index is 4.74. The number of aryl methyl sites for hydroxylation is 2. The molecule has 0 unspecified atom stereocenters. The van der Waals surface area contributed by atoms with Crippen LogP contribution in [0, 0.1) is 27.7 Å². The number of aromatic nitrogens is 5. The molecule has 0 atom stereocenters. The minimum Gasteiger partial charge on any atom is -0.346 e. The van der Waals surface area contributed by atoms with Gasteiger partial charge < -0.3 is 9.13 Å². The van der Waals surface area contributed by atoms with Crippen molar-refractivity contribution in [2.24, 2.45) is 28.2 Å². The molecule has 4 rings (SSSR count). The maximum Gasteiger partial charge on any atom is 0.252 e. The minimum absolute atomic E-state index is 0.901. The Kier molecular flexibility index (Phi) is 6.72. The molecule has 0 amide bonds. The molecule has 0 aliphatic rings. The Bertz CT molecular complexity index is 1420. The van der Waals surface area contributed by atoms with Crippen molar-refractivity contribution in [3.8, 4) is 22.9 Å². The number of imidazole rings is 1. The Hall–Kier alpha value is -3.21. The Morgan fingerprint density at radius 3 is 2.00 bits per heavy atom. The van der Waals surface area contributed by atoms with Gasteiger partial charge in [0.25, 0.3) is 5.69 Å². The minimum atomic E-state index is 0.901. The molecule has 4 aromatic rings. The van der Waals surface area contributed by atoms with Crippen molar-refractivity contribution in [1.29, 1.82) is 0 Å². The van der Waals surface area contributed by atoms with Gasteiger partial charge in [0.2, 0.25) is 11.5 Å². The van der Waals surface area contributed by atoms with Gasteiger partial charge in [-0.15, -0.1) is 0 Å². The van der Waals surface area contributed by atoms with Gasteiger partial charge in [0.05, 0.1) is 6.42 Å². The second-order valence-corrected chi connectivity index (χ2v) is 9.91. The molecule has 0 spiro atoms. The second kappa shape index (κ2) is 9.44. The van der Waals surface area contributed by atoms with Crippen LogP contribution in [0.4, 0.5) is 0 Å². The molecule has 0 fully saturated rings. The largest absolute Gasteiger partial charge is 0.346 e. The van der Waals surface area contributed by atoms with E-state index in [0.717, 1.165) is 25.1 Å². The molecule has 0 saturated carbocycles. The van der Waals surface area contributed by atoms with Gasteiger partial charge in [0.15, 0.2) is 11.4 Å². The molecule has 0 bridgehead atoms. The van der Waals surface area contributed by atoms with E-state index in [9.17, 15) is 0 Å². The summed E-state index contributed by atoms with van der Waals surface area (Å²) >= 11 is 0. The van der Waals surface area contributed by atoms with Crippen LogP contribution < -0.4 is 9.13 Å². The first-order chi connectivity index (χ1) is 16.6. The van der Waals surface area contributed by atoms with E-state index < -0.39 is 0 Å². The summed E-state index contributed by atoms with van der Waals surface area (Å²) in [6.07, 6.45) is 8.95. The Labute approximate surface area is 210 Å². The molecule has 0 saturated heterocycles. The number of pyridine rings is 2. The molecule has 0 aliphatic heterocycles. The molecule has 184 valence electrons. The van der Waals surface area contributed by atoms with Crippen molar-refractivity contribution in [2.45, 2.75) is 60.8 Å². The first-order valence-electron chi connectivity index (χ1n) is 12.7. The van der Waals surface area contributed by atoms with E-state index in [-0.39, 0.29) is 0 Å². The Morgan fingerprint density at radius 2 is 1.46 bits per heavy atom. The zero-order valence-corrected chi connectivity index (χ0v) is 23.2. The molecule has 0 N–H and O–H groups in total. The highest BCUT2D eigenvalue weighted by Gasteiger charge is 2.31. The molecule has 5 heteroatoms. The fourth-order valence-corrected chi connectivity index (χ4v) is 5.80. The lowest BCUT2D eigenvalue weighted by Crippen LogP contribution is -2.41. The monoisotopic (exact) mass is 471 g/mol. The smallest absolute Gasteiger partial charge is 0.252 e. The van der Waals surface area contributed by atoms with E-state index in [1.807, 2.05) is 12.4 Å². The number of nitrogens with zero attached hydrogens (tertiary/aromatic N) is 5. The van der Waals surface area contributed by atoms with E-state index in [4.69, 9.17) is 4.98 Å². The van der Waals surface area contributed by atoms with Gasteiger partial charge in [-0.25, -0.2) is 4.98 Å². The topological polar surface area (TPSA) is 30.5 Å². The predicted molar refractivity (Wildman–Crippen MR) is 142 cm³/mol. The van der Waals surface area contributed by atoms with Gasteiger partial charge in [-0.05, 0) is 56.9 Å². The lowest BCUT2D eigenvalue weighted by molar-refractivity contribution is -0.669. The van der Waals surface area contributed by atoms with Crippen molar-refractivity contribution in [3.05, 3.63) is 75.5 Å². The third kappa shape index (κ3) is 3.91. The quantitative estimate of drug-likeness (QED) is 0.375. The zero-order valence-electron chi connectivity index (χ0n) is 23.2. The van der Waals surface area contributed by atoms with Crippen LogP contribution in [0.15, 0.2) is 30.7 Å². The fourth-order valence-electron chi connectivity index (χ4n) is 5.80. The summed E-state index contributed by atoms with van der Waals surface area (Å²) in [6, 6.07) is 4.37. The molecule has 0 aromatic carbocycles. The van der Waals surface area contributed by atoms with Gasteiger partial charge in [0.1, 0.15) is 19.8 Å². The van der Waals surface area contributed by atoms with Crippen LogP contribution in [0.5, 0.6) is 0 Å². The molecule has 5 nitrogen and oxygen atoms in total. The molecule has 35 heavy (non-hydrogen) atoms. The fraction of sp³-hybridized carbons (Fsp3) is 0.433. The standard InChI is InChI=1S/C30H41N5/c1-11-23-19(3)20(4)27(35(10)29(23)30-31-15-17-33(30)8)18-25-21(5)22(6)34(9)28(24(25)12-2)26-14-13-16-32(26)7/h13-17H,11-12,18H2,1-10H3/q+2. The van der Waals surface area contributed by atoms with Gasteiger partial charge in [-0.3, -0.25) is 0 Å². The predicted octanol–water partition coefficient (Wildman–Crippen LogP) is 4.69. The SMILES string of the molecule is CCc1c(Cc2c(C)c(C)c(CC)c(-c3nccn3C)[n+]2C)c(C)c(C)[n+](C)c1-c1cccn1C. The van der Waals surface area contributed by atoms with Crippen LogP contribution >= 0.6 is 0 Å². The van der Waals surface area contributed by atoms with Crippen LogP contribution in [0.25, 0.3) is 22.9 Å². The highest BCUT2D eigenvalue weighted by molar-refractivity contribution is 5.61. The van der Waals surface area contributed by atoms with Crippen molar-refractivity contribution in [3.63, 3.8) is 0 Å². The number of rotatable bonds is 6. The van der Waals surface area contributed by atoms with E-state index in [1.165, 1.54) is 61.9 Å². The van der Waals surface area contributed by atoms with Crippen molar-refractivity contribution < 1.29 is 9.13 Å². The second-order valence-electron chi connectivity index (χ2n) is 9.91. The molecule has 0 radical (unpaired) electrons. The lowest BCUT2D eigenvalue weighted by Gasteiger charge is -2.19. The summed E-state index contributed by atoms with van der Waals surface area (Å²) in [5.41, 5.74) is 14.9. The summed E-state index contributed by atoms with van der Waals surface area (Å²) in [7, 11) is 8.65. The number of hydrogen-bond donors (Lipinski definition) is 0. The molecular weight excluding hydrogens is 430 g/mol.